The average Bonchev–Trinajstić information content (AvgIpc) is 2.86. The number of aliphatic hydroxyl groups excluding tert-OH is 3. The van der Waals surface area contributed by atoms with Gasteiger partial charge in [-0.15, -0.1) is 0 Å². The zero-order chi connectivity index (χ0) is 17.4. The number of hydrogen-bond donors (Lipinski definition) is 5. The van der Waals surface area contributed by atoms with Crippen LogP contribution in [-0.4, -0.2) is 55.3 Å². The van der Waals surface area contributed by atoms with E-state index < -0.39 is 31.0 Å². The normalized spacial score (nSPS) is 26.7. The van der Waals surface area contributed by atoms with Gasteiger partial charge in [0.1, 0.15) is 35.9 Å². The molecule has 1 aromatic heterocycles. The first-order valence-electron chi connectivity index (χ1n) is 7.49. The Morgan fingerprint density at radius 1 is 1.17 bits per heavy atom. The Kier molecular flexibility index (Phi) is 4.37. The predicted molar refractivity (Wildman–Crippen MR) is 85.0 cm³/mol. The first-order valence-corrected chi connectivity index (χ1v) is 7.49. The number of aryl methyl sites for hydroxylation is 1. The summed E-state index contributed by atoms with van der Waals surface area (Å²) >= 11 is 0. The van der Waals surface area contributed by atoms with Crippen LogP contribution in [0.25, 0.3) is 11.3 Å². The van der Waals surface area contributed by atoms with Crippen molar-refractivity contribution in [1.29, 1.82) is 0 Å². The first kappa shape index (κ1) is 16.6. The van der Waals surface area contributed by atoms with Gasteiger partial charge in [0.05, 0.1) is 18.0 Å². The van der Waals surface area contributed by atoms with Crippen LogP contribution in [0.4, 0.5) is 5.69 Å². The minimum Gasteiger partial charge on any atom is -0.507 e. The molecule has 6 N–H and O–H groups in total. The van der Waals surface area contributed by atoms with Crippen LogP contribution in [0.3, 0.4) is 0 Å². The van der Waals surface area contributed by atoms with Gasteiger partial charge < -0.3 is 30.9 Å². The Balaban J connectivity index is 2.07. The fourth-order valence-corrected chi connectivity index (χ4v) is 2.72. The van der Waals surface area contributed by atoms with Crippen LogP contribution in [0.1, 0.15) is 17.6 Å². The number of ether oxygens (including phenoxy) is 1. The number of aromatic nitrogens is 2. The molecule has 1 aliphatic heterocycles. The molecule has 24 heavy (non-hydrogen) atoms. The van der Waals surface area contributed by atoms with E-state index in [9.17, 15) is 20.4 Å². The maximum Gasteiger partial charge on any atom is 0.160 e. The highest BCUT2D eigenvalue weighted by Gasteiger charge is 2.44. The minimum absolute atomic E-state index is 0.00871. The highest BCUT2D eigenvalue weighted by molar-refractivity contribution is 5.77. The monoisotopic (exact) mass is 333 g/mol. The van der Waals surface area contributed by atoms with Crippen LogP contribution in [0.2, 0.25) is 0 Å². The fraction of sp³-hybridized carbons (Fsp3) is 0.375. The van der Waals surface area contributed by atoms with E-state index in [2.05, 4.69) is 9.97 Å². The largest absolute Gasteiger partial charge is 0.507 e. The Hall–Kier alpha value is -2.26. The maximum absolute atomic E-state index is 10.1. The third kappa shape index (κ3) is 2.69. The summed E-state index contributed by atoms with van der Waals surface area (Å²) in [6.45, 7) is 1.24. The summed E-state index contributed by atoms with van der Waals surface area (Å²) in [4.78, 5) is 8.55. The molecule has 8 nitrogen and oxygen atoms in total. The molecule has 0 aliphatic carbocycles. The van der Waals surface area contributed by atoms with Gasteiger partial charge in [-0.3, -0.25) is 0 Å². The van der Waals surface area contributed by atoms with Crippen molar-refractivity contribution in [2.24, 2.45) is 0 Å². The smallest absolute Gasteiger partial charge is 0.160 e. The van der Waals surface area contributed by atoms with Gasteiger partial charge in [-0.2, -0.15) is 0 Å². The minimum atomic E-state index is -1.28. The number of aromatic hydroxyl groups is 1. The van der Waals surface area contributed by atoms with E-state index in [1.54, 1.807) is 25.1 Å². The zero-order valence-electron chi connectivity index (χ0n) is 13.0. The number of hydrogen-bond acceptors (Lipinski definition) is 8. The number of nitrogens with zero attached hydrogens (tertiary/aromatic N) is 2. The molecular weight excluding hydrogens is 314 g/mol. The lowest BCUT2D eigenvalue weighted by Crippen LogP contribution is -2.32. The van der Waals surface area contributed by atoms with Crippen molar-refractivity contribution in [2.45, 2.75) is 31.3 Å². The molecule has 2 heterocycles. The Labute approximate surface area is 138 Å². The standard InChI is InChI=1S/C16H19N3O5/c1-7-11(17)12(8-4-2-3-5-9(8)21)19-16(18-7)15-14(23)13(22)10(6-20)24-15/h2-5,10,13-15,20-23H,6,17H2,1H3/t10-,13-,14-,15-/m1/s1. The van der Waals surface area contributed by atoms with Crippen LogP contribution >= 0.6 is 0 Å². The van der Waals surface area contributed by atoms with Crippen molar-refractivity contribution in [3.8, 4) is 17.0 Å². The maximum atomic E-state index is 10.1. The first-order chi connectivity index (χ1) is 11.4. The van der Waals surface area contributed by atoms with Crippen molar-refractivity contribution < 1.29 is 25.2 Å². The lowest BCUT2D eigenvalue weighted by molar-refractivity contribution is -0.0252. The van der Waals surface area contributed by atoms with E-state index in [0.29, 0.717) is 22.6 Å². The predicted octanol–water partition coefficient (Wildman–Crippen LogP) is -0.106. The fourth-order valence-electron chi connectivity index (χ4n) is 2.72. The Bertz CT molecular complexity index is 754. The highest BCUT2D eigenvalue weighted by Crippen LogP contribution is 2.36. The number of phenols is 1. The third-order valence-electron chi connectivity index (χ3n) is 4.11. The molecule has 0 amide bonds. The van der Waals surface area contributed by atoms with Crippen molar-refractivity contribution in [2.75, 3.05) is 12.3 Å². The number of anilines is 1. The second-order valence-corrected chi connectivity index (χ2v) is 5.71. The molecule has 0 spiro atoms. The molecule has 1 fully saturated rings. The average molecular weight is 333 g/mol. The SMILES string of the molecule is Cc1nc([C@@H]2O[C@H](CO)[C@@H](O)[C@H]2O)nc(-c2ccccc2O)c1N. The summed E-state index contributed by atoms with van der Waals surface area (Å²) in [6, 6.07) is 6.58. The lowest BCUT2D eigenvalue weighted by atomic mass is 10.1. The lowest BCUT2D eigenvalue weighted by Gasteiger charge is -2.17. The summed E-state index contributed by atoms with van der Waals surface area (Å²) in [7, 11) is 0. The van der Waals surface area contributed by atoms with Crippen LogP contribution in [0.15, 0.2) is 24.3 Å². The van der Waals surface area contributed by atoms with E-state index in [4.69, 9.17) is 10.5 Å². The molecule has 4 atom stereocenters. The summed E-state index contributed by atoms with van der Waals surface area (Å²) < 4.78 is 5.46. The van der Waals surface area contributed by atoms with Crippen molar-refractivity contribution >= 4 is 5.69 Å². The Morgan fingerprint density at radius 2 is 1.88 bits per heavy atom. The van der Waals surface area contributed by atoms with Crippen LogP contribution in [0.5, 0.6) is 5.75 Å². The van der Waals surface area contributed by atoms with Crippen LogP contribution in [-0.2, 0) is 4.74 Å². The van der Waals surface area contributed by atoms with Gasteiger partial charge in [0.15, 0.2) is 5.82 Å². The molecule has 0 saturated carbocycles. The number of para-hydroxylation sites is 1. The van der Waals surface area contributed by atoms with Crippen molar-refractivity contribution in [3.05, 3.63) is 35.8 Å². The summed E-state index contributed by atoms with van der Waals surface area (Å²) in [5, 5.41) is 39.3. The third-order valence-corrected chi connectivity index (χ3v) is 4.11. The zero-order valence-corrected chi connectivity index (χ0v) is 13.0. The van der Waals surface area contributed by atoms with Crippen molar-refractivity contribution in [3.63, 3.8) is 0 Å². The number of rotatable bonds is 3. The van der Waals surface area contributed by atoms with Gasteiger partial charge in [0.2, 0.25) is 0 Å². The van der Waals surface area contributed by atoms with Gasteiger partial charge in [0, 0.05) is 5.56 Å². The molecule has 1 aromatic carbocycles. The number of aliphatic hydroxyl groups is 3. The molecule has 3 rings (SSSR count). The number of nitrogen functional groups attached to an aromatic ring is 1. The summed E-state index contributed by atoms with van der Waals surface area (Å²) in [6.07, 6.45) is -4.43. The van der Waals surface area contributed by atoms with Crippen molar-refractivity contribution in [1.82, 2.24) is 9.97 Å². The van der Waals surface area contributed by atoms with E-state index in [1.165, 1.54) is 6.07 Å². The Morgan fingerprint density at radius 3 is 2.50 bits per heavy atom. The molecule has 0 radical (unpaired) electrons. The van der Waals surface area contributed by atoms with Gasteiger partial charge in [-0.1, -0.05) is 12.1 Å². The highest BCUT2D eigenvalue weighted by atomic mass is 16.6. The van der Waals surface area contributed by atoms with Gasteiger partial charge in [-0.25, -0.2) is 9.97 Å². The summed E-state index contributed by atoms with van der Waals surface area (Å²) in [5.74, 6) is 0.136. The molecule has 0 bridgehead atoms. The van der Waals surface area contributed by atoms with E-state index in [0.717, 1.165) is 0 Å². The number of benzene rings is 1. The molecule has 2 aromatic rings. The molecule has 0 unspecified atom stereocenters. The number of nitrogens with two attached hydrogens (primary N) is 1. The molecule has 8 heteroatoms. The molecule has 128 valence electrons. The molecular formula is C16H19N3O5. The van der Waals surface area contributed by atoms with Gasteiger partial charge in [0.25, 0.3) is 0 Å². The quantitative estimate of drug-likeness (QED) is 0.524. The van der Waals surface area contributed by atoms with Gasteiger partial charge in [-0.05, 0) is 19.1 Å². The van der Waals surface area contributed by atoms with Crippen LogP contribution < -0.4 is 5.73 Å². The van der Waals surface area contributed by atoms with E-state index in [1.807, 2.05) is 0 Å². The van der Waals surface area contributed by atoms with Crippen LogP contribution in [0, 0.1) is 6.92 Å². The molecule has 1 saturated heterocycles. The second-order valence-electron chi connectivity index (χ2n) is 5.71. The molecule has 1 aliphatic rings. The van der Waals surface area contributed by atoms with E-state index in [-0.39, 0.29) is 11.6 Å². The topological polar surface area (TPSA) is 142 Å². The van der Waals surface area contributed by atoms with E-state index >= 15 is 0 Å². The second kappa shape index (κ2) is 6.33. The van der Waals surface area contributed by atoms with Gasteiger partial charge >= 0.3 is 0 Å². The summed E-state index contributed by atoms with van der Waals surface area (Å²) in [5.41, 5.74) is 7.53. The number of phenolic OH excluding ortho intramolecular Hbond substituents is 1.